The molecule has 4 rings (SSSR count). The van der Waals surface area contributed by atoms with Gasteiger partial charge in [-0.3, -0.25) is 4.40 Å². The van der Waals surface area contributed by atoms with Crippen molar-refractivity contribution >= 4 is 17.3 Å². The van der Waals surface area contributed by atoms with E-state index in [-0.39, 0.29) is 5.82 Å². The third kappa shape index (κ3) is 2.12. The van der Waals surface area contributed by atoms with Gasteiger partial charge in [0.25, 0.3) is 0 Å². The highest BCUT2D eigenvalue weighted by atomic mass is 19.1. The lowest BCUT2D eigenvalue weighted by Gasteiger charge is -2.36. The van der Waals surface area contributed by atoms with Gasteiger partial charge in [-0.05, 0) is 12.1 Å². The fraction of sp³-hybridized carbons (Fsp3) is 0.286. The van der Waals surface area contributed by atoms with Crippen molar-refractivity contribution in [3.8, 4) is 0 Å². The number of piperazine rings is 1. The first-order valence-corrected chi connectivity index (χ1v) is 7.07. The van der Waals surface area contributed by atoms with Gasteiger partial charge in [0.1, 0.15) is 18.5 Å². The Morgan fingerprint density at radius 3 is 2.68 bits per heavy atom. The van der Waals surface area contributed by atoms with Gasteiger partial charge in [0.2, 0.25) is 0 Å². The first-order chi connectivity index (χ1) is 10.8. The molecule has 0 amide bonds. The Kier molecular flexibility index (Phi) is 3.06. The zero-order chi connectivity index (χ0) is 14.9. The van der Waals surface area contributed by atoms with Crippen LogP contribution in [-0.2, 0) is 0 Å². The van der Waals surface area contributed by atoms with Crippen LogP contribution in [0.15, 0.2) is 37.1 Å². The number of pyridine rings is 1. The van der Waals surface area contributed by atoms with Crippen molar-refractivity contribution in [1.82, 2.24) is 24.6 Å². The van der Waals surface area contributed by atoms with Crippen molar-refractivity contribution in [3.63, 3.8) is 0 Å². The van der Waals surface area contributed by atoms with Gasteiger partial charge >= 0.3 is 0 Å². The van der Waals surface area contributed by atoms with Crippen molar-refractivity contribution in [2.24, 2.45) is 0 Å². The summed E-state index contributed by atoms with van der Waals surface area (Å²) < 4.78 is 15.7. The quantitative estimate of drug-likeness (QED) is 0.703. The summed E-state index contributed by atoms with van der Waals surface area (Å²) in [4.78, 5) is 11.9. The number of aromatic nitrogens is 5. The van der Waals surface area contributed by atoms with Crippen molar-refractivity contribution in [3.05, 3.63) is 42.9 Å². The Hall–Kier alpha value is -2.77. The maximum atomic E-state index is 13.8. The maximum absolute atomic E-state index is 13.8. The van der Waals surface area contributed by atoms with Crippen LogP contribution in [0, 0.1) is 5.82 Å². The van der Waals surface area contributed by atoms with E-state index in [9.17, 15) is 4.39 Å². The average molecular weight is 299 g/mol. The molecule has 0 spiro atoms. The largest absolute Gasteiger partial charge is 0.354 e. The number of fused-ring (bicyclic) bond motifs is 1. The van der Waals surface area contributed by atoms with Gasteiger partial charge in [-0.25, -0.2) is 14.4 Å². The summed E-state index contributed by atoms with van der Waals surface area (Å²) in [6, 6.07) is 5.93. The van der Waals surface area contributed by atoms with Crippen LogP contribution < -0.4 is 9.80 Å². The monoisotopic (exact) mass is 299 g/mol. The minimum atomic E-state index is -0.378. The van der Waals surface area contributed by atoms with E-state index in [2.05, 4.69) is 25.1 Å². The van der Waals surface area contributed by atoms with E-state index in [4.69, 9.17) is 0 Å². The zero-order valence-corrected chi connectivity index (χ0v) is 11.8. The van der Waals surface area contributed by atoms with Gasteiger partial charge in [0, 0.05) is 26.2 Å². The van der Waals surface area contributed by atoms with Gasteiger partial charge in [-0.1, -0.05) is 6.07 Å². The zero-order valence-electron chi connectivity index (χ0n) is 11.8. The number of hydrogen-bond donors (Lipinski definition) is 0. The van der Waals surface area contributed by atoms with Crippen LogP contribution in [0.3, 0.4) is 0 Å². The molecule has 0 aromatic carbocycles. The normalized spacial score (nSPS) is 15.5. The molecule has 3 aromatic heterocycles. The van der Waals surface area contributed by atoms with Gasteiger partial charge in [0.15, 0.2) is 17.3 Å². The predicted octanol–water partition coefficient (Wildman–Crippen LogP) is 0.985. The van der Waals surface area contributed by atoms with Gasteiger partial charge in [0.05, 0.1) is 6.20 Å². The Labute approximate surface area is 126 Å². The summed E-state index contributed by atoms with van der Waals surface area (Å²) in [5.41, 5.74) is 0.821. The van der Waals surface area contributed by atoms with E-state index < -0.39 is 0 Å². The van der Waals surface area contributed by atoms with Crippen LogP contribution in [0.25, 0.3) is 5.65 Å². The molecule has 112 valence electrons. The molecule has 1 saturated heterocycles. The molecule has 1 fully saturated rings. The Morgan fingerprint density at radius 2 is 1.86 bits per heavy atom. The lowest BCUT2D eigenvalue weighted by Crippen LogP contribution is -2.47. The molecule has 0 bridgehead atoms. The van der Waals surface area contributed by atoms with Crippen LogP contribution >= 0.6 is 0 Å². The Bertz CT molecular complexity index is 794. The first-order valence-electron chi connectivity index (χ1n) is 7.07. The molecular formula is C14H14FN7. The third-order valence-electron chi connectivity index (χ3n) is 3.86. The van der Waals surface area contributed by atoms with Crippen molar-refractivity contribution < 1.29 is 4.39 Å². The minimum Gasteiger partial charge on any atom is -0.354 e. The molecule has 0 aliphatic carbocycles. The van der Waals surface area contributed by atoms with E-state index >= 15 is 0 Å². The number of halogens is 1. The van der Waals surface area contributed by atoms with E-state index in [1.165, 1.54) is 12.5 Å². The topological polar surface area (TPSA) is 62.5 Å². The van der Waals surface area contributed by atoms with Crippen LogP contribution in [0.5, 0.6) is 0 Å². The van der Waals surface area contributed by atoms with E-state index in [1.54, 1.807) is 6.33 Å². The standard InChI is InChI=1S/C14H14FN7/c15-11-8-16-9-17-14(11)21-6-4-20(5-7-21)13-3-1-2-12-19-18-10-22(12)13/h1-3,8-10H,4-7H2. The number of nitrogens with zero attached hydrogens (tertiary/aromatic N) is 7. The average Bonchev–Trinajstić information content (AvgIpc) is 3.04. The number of hydrogen-bond acceptors (Lipinski definition) is 6. The molecule has 0 N–H and O–H groups in total. The molecule has 7 nitrogen and oxygen atoms in total. The van der Waals surface area contributed by atoms with Crippen LogP contribution in [0.2, 0.25) is 0 Å². The van der Waals surface area contributed by atoms with Gasteiger partial charge in [-0.2, -0.15) is 0 Å². The summed E-state index contributed by atoms with van der Waals surface area (Å²) in [5.74, 6) is 1.04. The first kappa shape index (κ1) is 12.9. The minimum absolute atomic E-state index is 0.372. The molecule has 0 atom stereocenters. The summed E-state index contributed by atoms with van der Waals surface area (Å²) in [6.07, 6.45) is 4.29. The molecular weight excluding hydrogens is 285 g/mol. The molecule has 0 radical (unpaired) electrons. The molecule has 3 aromatic rings. The van der Waals surface area contributed by atoms with E-state index in [1.807, 2.05) is 27.5 Å². The fourth-order valence-electron chi connectivity index (χ4n) is 2.78. The molecule has 22 heavy (non-hydrogen) atoms. The highest BCUT2D eigenvalue weighted by Crippen LogP contribution is 2.21. The summed E-state index contributed by atoms with van der Waals surface area (Å²) in [7, 11) is 0. The Balaban J connectivity index is 1.55. The molecule has 0 saturated carbocycles. The van der Waals surface area contributed by atoms with Crippen molar-refractivity contribution in [2.45, 2.75) is 0 Å². The second-order valence-corrected chi connectivity index (χ2v) is 5.11. The van der Waals surface area contributed by atoms with Gasteiger partial charge in [-0.15, -0.1) is 10.2 Å². The van der Waals surface area contributed by atoms with Crippen LogP contribution in [0.4, 0.5) is 16.0 Å². The number of rotatable bonds is 2. The highest BCUT2D eigenvalue weighted by Gasteiger charge is 2.21. The molecule has 8 heteroatoms. The SMILES string of the molecule is Fc1cncnc1N1CCN(c2cccc3nncn23)CC1. The number of anilines is 2. The van der Waals surface area contributed by atoms with Crippen molar-refractivity contribution in [2.75, 3.05) is 36.0 Å². The van der Waals surface area contributed by atoms with Crippen LogP contribution in [0.1, 0.15) is 0 Å². The summed E-state index contributed by atoms with van der Waals surface area (Å²) in [6.45, 7) is 2.96. The molecule has 1 aliphatic heterocycles. The lowest BCUT2D eigenvalue weighted by atomic mass is 10.3. The summed E-state index contributed by atoms with van der Waals surface area (Å²) in [5, 5.41) is 8.00. The van der Waals surface area contributed by atoms with Crippen LogP contribution in [-0.4, -0.2) is 50.7 Å². The lowest BCUT2D eigenvalue weighted by molar-refractivity contribution is 0.580. The molecule has 0 unspecified atom stereocenters. The second kappa shape index (κ2) is 5.21. The Morgan fingerprint density at radius 1 is 1.05 bits per heavy atom. The van der Waals surface area contributed by atoms with E-state index in [0.29, 0.717) is 18.9 Å². The highest BCUT2D eigenvalue weighted by molar-refractivity contribution is 5.52. The van der Waals surface area contributed by atoms with Gasteiger partial charge < -0.3 is 9.80 Å². The molecule has 1 aliphatic rings. The maximum Gasteiger partial charge on any atom is 0.183 e. The smallest absolute Gasteiger partial charge is 0.183 e. The van der Waals surface area contributed by atoms with Crippen molar-refractivity contribution in [1.29, 1.82) is 0 Å². The molecule has 4 heterocycles. The van der Waals surface area contributed by atoms with E-state index in [0.717, 1.165) is 24.6 Å². The summed E-state index contributed by atoms with van der Waals surface area (Å²) >= 11 is 0. The third-order valence-corrected chi connectivity index (χ3v) is 3.86. The predicted molar refractivity (Wildman–Crippen MR) is 79.4 cm³/mol. The second-order valence-electron chi connectivity index (χ2n) is 5.11. The fourth-order valence-corrected chi connectivity index (χ4v) is 2.78.